The summed E-state index contributed by atoms with van der Waals surface area (Å²) in [6, 6.07) is 6.21. The van der Waals surface area contributed by atoms with Crippen molar-refractivity contribution in [3.05, 3.63) is 28.8 Å². The average molecular weight is 296 g/mol. The van der Waals surface area contributed by atoms with Crippen molar-refractivity contribution in [2.45, 2.75) is 18.3 Å². The van der Waals surface area contributed by atoms with E-state index in [1.807, 2.05) is 6.07 Å². The fourth-order valence-electron chi connectivity index (χ4n) is 2.82. The first kappa shape index (κ1) is 14.9. The molecule has 1 aromatic rings. The minimum Gasteiger partial charge on any atom is -0.384 e. The molecule has 5 heteroatoms. The lowest BCUT2D eigenvalue weighted by Crippen LogP contribution is -2.41. The number of hydrogen-bond donors (Lipinski definition) is 2. The van der Waals surface area contributed by atoms with Crippen LogP contribution in [0.2, 0.25) is 5.02 Å². The molecule has 2 heterocycles. The highest BCUT2D eigenvalue weighted by atomic mass is 35.5. The quantitative estimate of drug-likeness (QED) is 0.768. The van der Waals surface area contributed by atoms with E-state index in [2.05, 4.69) is 22.8 Å². The zero-order valence-corrected chi connectivity index (χ0v) is 11.9. The van der Waals surface area contributed by atoms with E-state index in [1.54, 1.807) is 0 Å². The van der Waals surface area contributed by atoms with Gasteiger partial charge in [-0.3, -0.25) is 0 Å². The molecule has 0 aliphatic carbocycles. The number of piperidine rings is 1. The maximum Gasteiger partial charge on any atom is 0.0410 e. The Kier molecular flexibility index (Phi) is 4.96. The van der Waals surface area contributed by atoms with Crippen molar-refractivity contribution in [1.82, 2.24) is 5.32 Å². The van der Waals surface area contributed by atoms with Crippen molar-refractivity contribution in [3.8, 4) is 0 Å². The Morgan fingerprint density at radius 2 is 1.82 bits per heavy atom. The van der Waals surface area contributed by atoms with E-state index < -0.39 is 0 Å². The molecule has 0 bridgehead atoms. The Bertz CT molecular complexity index is 384. The monoisotopic (exact) mass is 294 g/mol. The smallest absolute Gasteiger partial charge is 0.0410 e. The molecule has 2 aliphatic rings. The molecule has 96 valence electrons. The van der Waals surface area contributed by atoms with Crippen molar-refractivity contribution in [2.75, 3.05) is 25.0 Å². The van der Waals surface area contributed by atoms with Gasteiger partial charge in [-0.2, -0.15) is 0 Å². The summed E-state index contributed by atoms with van der Waals surface area (Å²) in [5, 5.41) is 7.78. The van der Waals surface area contributed by atoms with Crippen LogP contribution in [-0.2, 0) is 5.41 Å². The molecule has 1 aromatic carbocycles. The third-order valence-electron chi connectivity index (χ3n) is 3.73. The first-order valence-electron chi connectivity index (χ1n) is 5.55. The van der Waals surface area contributed by atoms with E-state index in [0.717, 1.165) is 24.7 Å². The molecule has 3 rings (SSSR count). The van der Waals surface area contributed by atoms with Gasteiger partial charge < -0.3 is 10.6 Å². The topological polar surface area (TPSA) is 24.1 Å². The molecular weight excluding hydrogens is 279 g/mol. The fourth-order valence-corrected chi connectivity index (χ4v) is 2.99. The number of hydrogen-bond acceptors (Lipinski definition) is 2. The van der Waals surface area contributed by atoms with Gasteiger partial charge in [-0.05, 0) is 49.7 Å². The Hall–Kier alpha value is -0.150. The van der Waals surface area contributed by atoms with Crippen LogP contribution in [0.3, 0.4) is 0 Å². The highest BCUT2D eigenvalue weighted by Crippen LogP contribution is 2.43. The van der Waals surface area contributed by atoms with Gasteiger partial charge in [0.15, 0.2) is 0 Å². The lowest BCUT2D eigenvalue weighted by Gasteiger charge is -2.33. The van der Waals surface area contributed by atoms with Gasteiger partial charge in [-0.1, -0.05) is 11.6 Å². The molecule has 0 radical (unpaired) electrons. The van der Waals surface area contributed by atoms with Crippen LogP contribution in [0, 0.1) is 0 Å². The number of rotatable bonds is 0. The second-order valence-corrected chi connectivity index (χ2v) is 5.01. The summed E-state index contributed by atoms with van der Waals surface area (Å²) in [7, 11) is 0. The van der Waals surface area contributed by atoms with E-state index in [0.29, 0.717) is 5.41 Å². The third kappa shape index (κ3) is 2.50. The Morgan fingerprint density at radius 1 is 1.12 bits per heavy atom. The molecule has 2 nitrogen and oxygen atoms in total. The van der Waals surface area contributed by atoms with Crippen LogP contribution in [0.25, 0.3) is 0 Å². The van der Waals surface area contributed by atoms with Gasteiger partial charge in [0, 0.05) is 22.7 Å². The van der Waals surface area contributed by atoms with Crippen LogP contribution < -0.4 is 10.6 Å². The highest BCUT2D eigenvalue weighted by Gasteiger charge is 2.39. The van der Waals surface area contributed by atoms with Crippen molar-refractivity contribution < 1.29 is 0 Å². The number of anilines is 1. The lowest BCUT2D eigenvalue weighted by atomic mass is 9.75. The second kappa shape index (κ2) is 5.66. The zero-order chi connectivity index (χ0) is 10.3. The SMILES string of the molecule is Cl.Cl.Clc1ccc2c(c1)C1(CCNCC1)CN2. The van der Waals surface area contributed by atoms with Crippen molar-refractivity contribution in [3.63, 3.8) is 0 Å². The number of nitrogens with one attached hydrogen (secondary N) is 2. The van der Waals surface area contributed by atoms with E-state index in [9.17, 15) is 0 Å². The number of halogens is 3. The van der Waals surface area contributed by atoms with Crippen LogP contribution in [0.5, 0.6) is 0 Å². The average Bonchev–Trinajstić information content (AvgIpc) is 2.59. The molecule has 1 spiro atoms. The predicted octanol–water partition coefficient (Wildman–Crippen LogP) is 3.23. The zero-order valence-electron chi connectivity index (χ0n) is 9.46. The molecule has 1 fully saturated rings. The van der Waals surface area contributed by atoms with Gasteiger partial charge >= 0.3 is 0 Å². The molecule has 0 unspecified atom stereocenters. The maximum absolute atomic E-state index is 6.08. The van der Waals surface area contributed by atoms with Crippen LogP contribution in [-0.4, -0.2) is 19.6 Å². The summed E-state index contributed by atoms with van der Waals surface area (Å²) in [6.45, 7) is 3.31. The lowest BCUT2D eigenvalue weighted by molar-refractivity contribution is 0.335. The maximum atomic E-state index is 6.08. The van der Waals surface area contributed by atoms with Crippen molar-refractivity contribution >= 4 is 42.1 Å². The standard InChI is InChI=1S/C12H15ClN2.2ClH/c13-9-1-2-11-10(7-9)12(8-15-11)3-5-14-6-4-12;;/h1-2,7,14-15H,3-6,8H2;2*1H. The summed E-state index contributed by atoms with van der Waals surface area (Å²) in [5.41, 5.74) is 3.05. The Labute approximate surface area is 119 Å². The van der Waals surface area contributed by atoms with Crippen LogP contribution in [0.4, 0.5) is 5.69 Å². The van der Waals surface area contributed by atoms with Crippen LogP contribution >= 0.6 is 36.4 Å². The first-order chi connectivity index (χ1) is 7.30. The minimum absolute atomic E-state index is 0. The van der Waals surface area contributed by atoms with Gasteiger partial charge in [0.2, 0.25) is 0 Å². The molecule has 0 atom stereocenters. The molecule has 17 heavy (non-hydrogen) atoms. The molecule has 1 saturated heterocycles. The summed E-state index contributed by atoms with van der Waals surface area (Å²) < 4.78 is 0. The van der Waals surface area contributed by atoms with Crippen LogP contribution in [0.1, 0.15) is 18.4 Å². The van der Waals surface area contributed by atoms with Gasteiger partial charge in [-0.25, -0.2) is 0 Å². The van der Waals surface area contributed by atoms with Gasteiger partial charge in [0.1, 0.15) is 0 Å². The molecule has 0 saturated carbocycles. The van der Waals surface area contributed by atoms with Crippen molar-refractivity contribution in [2.24, 2.45) is 0 Å². The van der Waals surface area contributed by atoms with E-state index in [4.69, 9.17) is 11.6 Å². The minimum atomic E-state index is 0. The fraction of sp³-hybridized carbons (Fsp3) is 0.500. The van der Waals surface area contributed by atoms with Crippen LogP contribution in [0.15, 0.2) is 18.2 Å². The molecule has 0 amide bonds. The molecular formula is C12H17Cl3N2. The normalized spacial score (nSPS) is 19.8. The Balaban J connectivity index is 0.000000722. The van der Waals surface area contributed by atoms with Gasteiger partial charge in [0.25, 0.3) is 0 Å². The molecule has 2 N–H and O–H groups in total. The largest absolute Gasteiger partial charge is 0.384 e. The summed E-state index contributed by atoms with van der Waals surface area (Å²) in [6.07, 6.45) is 2.43. The van der Waals surface area contributed by atoms with Gasteiger partial charge in [0.05, 0.1) is 0 Å². The summed E-state index contributed by atoms with van der Waals surface area (Å²) >= 11 is 6.08. The molecule has 0 aromatic heterocycles. The van der Waals surface area contributed by atoms with E-state index >= 15 is 0 Å². The third-order valence-corrected chi connectivity index (χ3v) is 3.97. The second-order valence-electron chi connectivity index (χ2n) is 4.57. The summed E-state index contributed by atoms with van der Waals surface area (Å²) in [4.78, 5) is 0. The highest BCUT2D eigenvalue weighted by molar-refractivity contribution is 6.30. The summed E-state index contributed by atoms with van der Waals surface area (Å²) in [5.74, 6) is 0. The number of fused-ring (bicyclic) bond motifs is 2. The van der Waals surface area contributed by atoms with E-state index in [-0.39, 0.29) is 24.8 Å². The van der Waals surface area contributed by atoms with E-state index in [1.165, 1.54) is 24.1 Å². The predicted molar refractivity (Wildman–Crippen MR) is 78.2 cm³/mol. The van der Waals surface area contributed by atoms with Gasteiger partial charge in [-0.15, -0.1) is 24.8 Å². The van der Waals surface area contributed by atoms with Crippen molar-refractivity contribution in [1.29, 1.82) is 0 Å². The first-order valence-corrected chi connectivity index (χ1v) is 5.93. The molecule has 2 aliphatic heterocycles. The number of benzene rings is 1. The Morgan fingerprint density at radius 3 is 2.53 bits per heavy atom.